The minimum absolute atomic E-state index is 0.0666. The lowest BCUT2D eigenvalue weighted by molar-refractivity contribution is 0.246. The lowest BCUT2D eigenvalue weighted by Gasteiger charge is -2.19. The average molecular weight is 335 g/mol. The third-order valence-corrected chi connectivity index (χ3v) is 4.44. The summed E-state index contributed by atoms with van der Waals surface area (Å²) < 4.78 is 35.2. The molecule has 0 bridgehead atoms. The first-order chi connectivity index (χ1) is 10.8. The van der Waals surface area contributed by atoms with E-state index in [1.165, 1.54) is 17.8 Å². The summed E-state index contributed by atoms with van der Waals surface area (Å²) in [5.41, 5.74) is 2.17. The van der Waals surface area contributed by atoms with E-state index in [9.17, 15) is 8.42 Å². The molecule has 0 saturated carbocycles. The topological polar surface area (TPSA) is 66.8 Å². The van der Waals surface area contributed by atoms with E-state index < -0.39 is 10.1 Å². The van der Waals surface area contributed by atoms with Crippen molar-refractivity contribution in [3.05, 3.63) is 54.1 Å². The smallest absolute Gasteiger partial charge is 0.294 e. The van der Waals surface area contributed by atoms with Gasteiger partial charge in [0.1, 0.15) is 5.75 Å². The molecule has 0 saturated heterocycles. The maximum absolute atomic E-state index is 10.5. The summed E-state index contributed by atoms with van der Waals surface area (Å²) >= 11 is 0. The molecular weight excluding hydrogens is 314 g/mol. The number of para-hydroxylation sites is 2. The number of ether oxygens (including phenoxy) is 1. The van der Waals surface area contributed by atoms with Crippen molar-refractivity contribution in [2.45, 2.75) is 31.9 Å². The SMILES string of the molecule is CCN1c2ccccc2OC1C.Cc1ccc(S(=O)(=O)O)cc1. The first-order valence-corrected chi connectivity index (χ1v) is 8.83. The Morgan fingerprint density at radius 3 is 2.30 bits per heavy atom. The quantitative estimate of drug-likeness (QED) is 0.851. The summed E-state index contributed by atoms with van der Waals surface area (Å²) in [7, 11) is -4.02. The van der Waals surface area contributed by atoms with Crippen molar-refractivity contribution in [3.8, 4) is 5.75 Å². The molecule has 0 radical (unpaired) electrons. The van der Waals surface area contributed by atoms with E-state index in [1.807, 2.05) is 25.1 Å². The molecule has 1 unspecified atom stereocenters. The van der Waals surface area contributed by atoms with Crippen molar-refractivity contribution >= 4 is 15.8 Å². The van der Waals surface area contributed by atoms with E-state index in [0.717, 1.165) is 17.9 Å². The van der Waals surface area contributed by atoms with Crippen LogP contribution in [0.3, 0.4) is 0 Å². The van der Waals surface area contributed by atoms with Crippen LogP contribution < -0.4 is 9.64 Å². The molecule has 2 aromatic carbocycles. The van der Waals surface area contributed by atoms with Gasteiger partial charge in [-0.2, -0.15) is 8.42 Å². The van der Waals surface area contributed by atoms with Gasteiger partial charge in [0.15, 0.2) is 6.23 Å². The van der Waals surface area contributed by atoms with E-state index in [4.69, 9.17) is 9.29 Å². The van der Waals surface area contributed by atoms with Crippen molar-refractivity contribution in [3.63, 3.8) is 0 Å². The molecule has 0 spiro atoms. The second-order valence-corrected chi connectivity index (χ2v) is 6.68. The molecule has 2 aromatic rings. The first kappa shape index (κ1) is 17.3. The number of benzene rings is 2. The van der Waals surface area contributed by atoms with Gasteiger partial charge in [-0.05, 0) is 45.0 Å². The van der Waals surface area contributed by atoms with Gasteiger partial charge in [-0.3, -0.25) is 4.55 Å². The average Bonchev–Trinajstić information content (AvgIpc) is 2.82. The number of rotatable bonds is 2. The van der Waals surface area contributed by atoms with Crippen molar-refractivity contribution in [2.24, 2.45) is 0 Å². The first-order valence-electron chi connectivity index (χ1n) is 7.39. The monoisotopic (exact) mass is 335 g/mol. The van der Waals surface area contributed by atoms with E-state index >= 15 is 0 Å². The minimum Gasteiger partial charge on any atom is -0.469 e. The van der Waals surface area contributed by atoms with Crippen molar-refractivity contribution in [1.82, 2.24) is 0 Å². The van der Waals surface area contributed by atoms with Crippen LogP contribution in [0.4, 0.5) is 5.69 Å². The number of anilines is 1. The molecule has 124 valence electrons. The van der Waals surface area contributed by atoms with Gasteiger partial charge in [-0.15, -0.1) is 0 Å². The molecule has 5 nitrogen and oxygen atoms in total. The fourth-order valence-electron chi connectivity index (χ4n) is 2.38. The summed E-state index contributed by atoms with van der Waals surface area (Å²) in [5, 5.41) is 0. The number of aryl methyl sites for hydroxylation is 1. The largest absolute Gasteiger partial charge is 0.469 e. The van der Waals surface area contributed by atoms with Crippen LogP contribution in [-0.2, 0) is 10.1 Å². The van der Waals surface area contributed by atoms with Crippen LogP contribution in [0.2, 0.25) is 0 Å². The van der Waals surface area contributed by atoms with E-state index in [-0.39, 0.29) is 11.1 Å². The van der Waals surface area contributed by atoms with E-state index in [1.54, 1.807) is 12.1 Å². The predicted molar refractivity (Wildman–Crippen MR) is 90.5 cm³/mol. The fourth-order valence-corrected chi connectivity index (χ4v) is 2.86. The molecule has 1 atom stereocenters. The van der Waals surface area contributed by atoms with E-state index in [0.29, 0.717) is 0 Å². The highest BCUT2D eigenvalue weighted by Crippen LogP contribution is 2.35. The minimum atomic E-state index is -4.02. The summed E-state index contributed by atoms with van der Waals surface area (Å²) in [5.74, 6) is 1.01. The lowest BCUT2D eigenvalue weighted by atomic mass is 10.2. The molecule has 1 heterocycles. The highest BCUT2D eigenvalue weighted by molar-refractivity contribution is 7.85. The maximum Gasteiger partial charge on any atom is 0.294 e. The third kappa shape index (κ3) is 4.24. The Hall–Kier alpha value is -2.05. The van der Waals surface area contributed by atoms with Gasteiger partial charge in [-0.1, -0.05) is 29.8 Å². The van der Waals surface area contributed by atoms with Gasteiger partial charge >= 0.3 is 0 Å². The van der Waals surface area contributed by atoms with Crippen molar-refractivity contribution in [1.29, 1.82) is 0 Å². The summed E-state index contributed by atoms with van der Waals surface area (Å²) in [6, 6.07) is 14.2. The van der Waals surface area contributed by atoms with Gasteiger partial charge in [0, 0.05) is 6.54 Å². The Labute approximate surface area is 137 Å². The Balaban J connectivity index is 0.000000168. The molecule has 3 rings (SSSR count). The normalized spacial score (nSPS) is 16.2. The molecule has 1 aliphatic rings. The van der Waals surface area contributed by atoms with Gasteiger partial charge < -0.3 is 9.64 Å². The molecule has 1 N–H and O–H groups in total. The van der Waals surface area contributed by atoms with Crippen LogP contribution in [0, 0.1) is 6.92 Å². The van der Waals surface area contributed by atoms with Gasteiger partial charge in [-0.25, -0.2) is 0 Å². The van der Waals surface area contributed by atoms with Crippen LogP contribution in [0.1, 0.15) is 19.4 Å². The Morgan fingerprint density at radius 2 is 1.74 bits per heavy atom. The van der Waals surface area contributed by atoms with Crippen molar-refractivity contribution in [2.75, 3.05) is 11.4 Å². The molecule has 6 heteroatoms. The van der Waals surface area contributed by atoms with Crippen LogP contribution in [0.25, 0.3) is 0 Å². The highest BCUT2D eigenvalue weighted by Gasteiger charge is 2.24. The van der Waals surface area contributed by atoms with Crippen LogP contribution in [0.15, 0.2) is 53.4 Å². The zero-order valence-electron chi connectivity index (χ0n) is 13.4. The zero-order valence-corrected chi connectivity index (χ0v) is 14.2. The van der Waals surface area contributed by atoms with Gasteiger partial charge in [0.05, 0.1) is 10.6 Å². The van der Waals surface area contributed by atoms with Crippen LogP contribution in [-0.4, -0.2) is 25.7 Å². The summed E-state index contributed by atoms with van der Waals surface area (Å²) in [6.45, 7) is 7.05. The Morgan fingerprint density at radius 1 is 1.13 bits per heavy atom. The van der Waals surface area contributed by atoms with Crippen molar-refractivity contribution < 1.29 is 17.7 Å². The molecule has 0 fully saturated rings. The number of hydrogen-bond acceptors (Lipinski definition) is 4. The zero-order chi connectivity index (χ0) is 17.0. The third-order valence-electron chi connectivity index (χ3n) is 3.57. The molecule has 1 aliphatic heterocycles. The summed E-state index contributed by atoms with van der Waals surface area (Å²) in [6.07, 6.45) is 0.187. The molecule has 0 amide bonds. The second kappa shape index (κ2) is 7.02. The molecule has 23 heavy (non-hydrogen) atoms. The van der Waals surface area contributed by atoms with Crippen LogP contribution >= 0.6 is 0 Å². The molecule has 0 aromatic heterocycles. The summed E-state index contributed by atoms with van der Waals surface area (Å²) in [4.78, 5) is 2.18. The Kier molecular flexibility index (Phi) is 5.28. The van der Waals surface area contributed by atoms with Gasteiger partial charge in [0.2, 0.25) is 0 Å². The number of fused-ring (bicyclic) bond motifs is 1. The second-order valence-electron chi connectivity index (χ2n) is 5.26. The number of hydrogen-bond donors (Lipinski definition) is 1. The molecule has 0 aliphatic carbocycles. The standard InChI is InChI=1S/C10H13NO.C7H8O3S/c1-3-11-8(2)12-10-7-5-4-6-9(10)11;1-6-2-4-7(5-3-6)11(8,9)10/h4-8H,3H2,1-2H3;2-5H,1H3,(H,8,9,10). The lowest BCUT2D eigenvalue weighted by Crippen LogP contribution is -2.31. The molecular formula is C17H21NO4S. The maximum atomic E-state index is 10.5. The van der Waals surface area contributed by atoms with Crippen LogP contribution in [0.5, 0.6) is 5.75 Å². The Bertz CT molecular complexity index is 756. The fraction of sp³-hybridized carbons (Fsp3) is 0.294. The highest BCUT2D eigenvalue weighted by atomic mass is 32.2. The van der Waals surface area contributed by atoms with E-state index in [2.05, 4.69) is 24.8 Å². The number of nitrogens with zero attached hydrogens (tertiary/aromatic N) is 1. The van der Waals surface area contributed by atoms with Gasteiger partial charge in [0.25, 0.3) is 10.1 Å². The predicted octanol–water partition coefficient (Wildman–Crippen LogP) is 3.49.